The monoisotopic (exact) mass is 576 g/mol. The van der Waals surface area contributed by atoms with Crippen LogP contribution >= 0.6 is 11.8 Å². The van der Waals surface area contributed by atoms with Crippen molar-refractivity contribution in [3.63, 3.8) is 0 Å². The highest BCUT2D eigenvalue weighted by Crippen LogP contribution is 2.18. The zero-order valence-electron chi connectivity index (χ0n) is 25.5. The van der Waals surface area contributed by atoms with Crippen molar-refractivity contribution in [2.24, 2.45) is 0 Å². The van der Waals surface area contributed by atoms with Crippen molar-refractivity contribution in [2.45, 2.75) is 124 Å². The van der Waals surface area contributed by atoms with Gasteiger partial charge in [0.1, 0.15) is 0 Å². The molecule has 0 spiro atoms. The third-order valence-electron chi connectivity index (χ3n) is 6.45. The van der Waals surface area contributed by atoms with E-state index in [-0.39, 0.29) is 11.8 Å². The highest BCUT2D eigenvalue weighted by molar-refractivity contribution is 8.00. The maximum absolute atomic E-state index is 12.9. The first kappa shape index (κ1) is 37.4. The molecule has 0 unspecified atom stereocenters. The normalized spacial score (nSPS) is 11.6. The molecular formula is C29H60N2O5SSi. The van der Waals surface area contributed by atoms with Gasteiger partial charge in [-0.1, -0.05) is 78.1 Å². The molecule has 0 fully saturated rings. The average molecular weight is 577 g/mol. The number of hydrogen-bond donors (Lipinski definition) is 1. The third-order valence-corrected chi connectivity index (χ3v) is 10.5. The standard InChI is InChI=1S/C29H60N2O5SSi/c1-6-11-13-15-17-19-23-31(24-20-18-16-14-12-7-2)29(33)27-37-26-28(32)30-22-21-25-38(34-8-3,35-9-4)36-10-5/h6-27H2,1-5H3,(H,30,32). The zero-order valence-corrected chi connectivity index (χ0v) is 27.3. The quantitative estimate of drug-likeness (QED) is 0.0813. The minimum atomic E-state index is -2.67. The lowest BCUT2D eigenvalue weighted by Crippen LogP contribution is -2.46. The lowest BCUT2D eigenvalue weighted by molar-refractivity contribution is -0.128. The van der Waals surface area contributed by atoms with E-state index >= 15 is 0 Å². The molecule has 38 heavy (non-hydrogen) atoms. The predicted molar refractivity (Wildman–Crippen MR) is 164 cm³/mol. The molecule has 0 bridgehead atoms. The number of nitrogens with one attached hydrogen (secondary N) is 1. The number of rotatable bonds is 28. The lowest BCUT2D eigenvalue weighted by Gasteiger charge is -2.28. The van der Waals surface area contributed by atoms with E-state index in [9.17, 15) is 9.59 Å². The Balaban J connectivity index is 4.40. The maximum atomic E-state index is 12.9. The first-order valence-electron chi connectivity index (χ1n) is 15.5. The molecule has 0 aromatic carbocycles. The molecule has 0 aromatic rings. The Labute approximate surface area is 240 Å². The van der Waals surface area contributed by atoms with Gasteiger partial charge in [0.05, 0.1) is 11.5 Å². The van der Waals surface area contributed by atoms with E-state index < -0.39 is 8.80 Å². The highest BCUT2D eigenvalue weighted by Gasteiger charge is 2.39. The van der Waals surface area contributed by atoms with Gasteiger partial charge in [-0.05, 0) is 40.0 Å². The van der Waals surface area contributed by atoms with E-state index in [1.165, 1.54) is 76.0 Å². The molecule has 0 saturated heterocycles. The van der Waals surface area contributed by atoms with Gasteiger partial charge in [-0.25, -0.2) is 0 Å². The summed E-state index contributed by atoms with van der Waals surface area (Å²) in [5.74, 6) is 0.815. The molecule has 0 heterocycles. The molecule has 0 aliphatic rings. The second kappa shape index (κ2) is 26.6. The molecule has 7 nitrogen and oxygen atoms in total. The van der Waals surface area contributed by atoms with Crippen LogP contribution in [0.3, 0.4) is 0 Å². The Hall–Kier alpha value is -0.613. The molecule has 0 radical (unpaired) electrons. The fourth-order valence-electron chi connectivity index (χ4n) is 4.43. The van der Waals surface area contributed by atoms with Gasteiger partial charge in [0.25, 0.3) is 0 Å². The lowest BCUT2D eigenvalue weighted by atomic mass is 10.1. The van der Waals surface area contributed by atoms with Gasteiger partial charge in [0.15, 0.2) is 0 Å². The number of unbranched alkanes of at least 4 members (excludes halogenated alkanes) is 10. The van der Waals surface area contributed by atoms with Crippen molar-refractivity contribution in [1.82, 2.24) is 10.2 Å². The minimum Gasteiger partial charge on any atom is -0.374 e. The van der Waals surface area contributed by atoms with Gasteiger partial charge >= 0.3 is 8.80 Å². The minimum absolute atomic E-state index is 0.0299. The van der Waals surface area contributed by atoms with Crippen molar-refractivity contribution >= 4 is 32.4 Å². The van der Waals surface area contributed by atoms with E-state index in [0.29, 0.717) is 43.9 Å². The van der Waals surface area contributed by atoms with Crippen LogP contribution in [0.4, 0.5) is 0 Å². The number of carbonyl (C=O) groups excluding carboxylic acids is 2. The van der Waals surface area contributed by atoms with Crippen LogP contribution in [-0.4, -0.2) is 76.5 Å². The summed E-state index contributed by atoms with van der Waals surface area (Å²) >= 11 is 1.42. The molecule has 0 aliphatic carbocycles. The second-order valence-electron chi connectivity index (χ2n) is 9.84. The van der Waals surface area contributed by atoms with Gasteiger partial charge in [0, 0.05) is 45.5 Å². The third kappa shape index (κ3) is 20.3. The van der Waals surface area contributed by atoms with Crippen LogP contribution in [0.1, 0.15) is 118 Å². The molecule has 0 saturated carbocycles. The Kier molecular flexibility index (Phi) is 26.2. The highest BCUT2D eigenvalue weighted by atomic mass is 32.2. The molecule has 0 aliphatic heterocycles. The van der Waals surface area contributed by atoms with E-state index in [0.717, 1.165) is 32.4 Å². The Morgan fingerprint density at radius 3 is 1.61 bits per heavy atom. The predicted octanol–water partition coefficient (Wildman–Crippen LogP) is 6.82. The van der Waals surface area contributed by atoms with Gasteiger partial charge in [0.2, 0.25) is 11.8 Å². The summed E-state index contributed by atoms with van der Waals surface area (Å²) in [5, 5.41) is 2.97. The Morgan fingerprint density at radius 1 is 0.658 bits per heavy atom. The summed E-state index contributed by atoms with van der Waals surface area (Å²) in [7, 11) is -2.67. The summed E-state index contributed by atoms with van der Waals surface area (Å²) in [6.45, 7) is 14.2. The largest absolute Gasteiger partial charge is 0.500 e. The van der Waals surface area contributed by atoms with Gasteiger partial charge in [-0.15, -0.1) is 11.8 Å². The van der Waals surface area contributed by atoms with Crippen LogP contribution in [-0.2, 0) is 22.9 Å². The van der Waals surface area contributed by atoms with Crippen molar-refractivity contribution < 1.29 is 22.9 Å². The molecule has 0 rings (SSSR count). The molecule has 226 valence electrons. The van der Waals surface area contributed by atoms with Crippen LogP contribution in [0.5, 0.6) is 0 Å². The SMILES string of the molecule is CCCCCCCCN(CCCCCCCC)C(=O)CSCC(=O)NCCC[Si](OCC)(OCC)OCC. The summed E-state index contributed by atoms with van der Waals surface area (Å²) in [5.41, 5.74) is 0. The Morgan fingerprint density at radius 2 is 1.13 bits per heavy atom. The fraction of sp³-hybridized carbons (Fsp3) is 0.931. The topological polar surface area (TPSA) is 77.1 Å². The first-order valence-corrected chi connectivity index (χ1v) is 18.6. The van der Waals surface area contributed by atoms with Crippen LogP contribution in [0.25, 0.3) is 0 Å². The average Bonchev–Trinajstić information content (AvgIpc) is 2.89. The molecule has 0 atom stereocenters. The molecule has 9 heteroatoms. The zero-order chi connectivity index (χ0) is 28.3. The van der Waals surface area contributed by atoms with Crippen molar-refractivity contribution in [1.29, 1.82) is 0 Å². The smallest absolute Gasteiger partial charge is 0.374 e. The van der Waals surface area contributed by atoms with Crippen LogP contribution in [0, 0.1) is 0 Å². The number of hydrogen-bond acceptors (Lipinski definition) is 6. The van der Waals surface area contributed by atoms with Gasteiger partial charge < -0.3 is 23.5 Å². The maximum Gasteiger partial charge on any atom is 0.500 e. The van der Waals surface area contributed by atoms with E-state index in [4.69, 9.17) is 13.3 Å². The second-order valence-corrected chi connectivity index (χ2v) is 13.6. The first-order chi connectivity index (χ1) is 18.5. The van der Waals surface area contributed by atoms with Crippen molar-refractivity contribution in [3.05, 3.63) is 0 Å². The molecule has 1 N–H and O–H groups in total. The molecule has 0 aromatic heterocycles. The van der Waals surface area contributed by atoms with Crippen LogP contribution in [0.2, 0.25) is 6.04 Å². The van der Waals surface area contributed by atoms with Gasteiger partial charge in [-0.2, -0.15) is 0 Å². The van der Waals surface area contributed by atoms with Crippen LogP contribution < -0.4 is 5.32 Å². The number of nitrogens with zero attached hydrogens (tertiary/aromatic N) is 1. The summed E-state index contributed by atoms with van der Waals surface area (Å²) in [6.07, 6.45) is 15.5. The summed E-state index contributed by atoms with van der Waals surface area (Å²) in [6, 6.07) is 0.681. The number of carbonyl (C=O) groups is 2. The van der Waals surface area contributed by atoms with E-state index in [1.54, 1.807) is 0 Å². The van der Waals surface area contributed by atoms with Crippen molar-refractivity contribution in [2.75, 3.05) is 51.0 Å². The fourth-order valence-corrected chi connectivity index (χ4v) is 7.79. The molecular weight excluding hydrogens is 516 g/mol. The van der Waals surface area contributed by atoms with Crippen LogP contribution in [0.15, 0.2) is 0 Å². The summed E-state index contributed by atoms with van der Waals surface area (Å²) in [4.78, 5) is 27.3. The summed E-state index contributed by atoms with van der Waals surface area (Å²) < 4.78 is 17.6. The Bertz CT molecular complexity index is 538. The van der Waals surface area contributed by atoms with E-state index in [1.807, 2.05) is 25.7 Å². The van der Waals surface area contributed by atoms with E-state index in [2.05, 4.69) is 19.2 Å². The number of thioether (sulfide) groups is 1. The van der Waals surface area contributed by atoms with Gasteiger partial charge in [-0.3, -0.25) is 9.59 Å². The number of amides is 2. The molecule has 2 amide bonds. The van der Waals surface area contributed by atoms with Crippen molar-refractivity contribution in [3.8, 4) is 0 Å².